The van der Waals surface area contributed by atoms with Crippen molar-refractivity contribution in [3.05, 3.63) is 39.9 Å². The highest BCUT2D eigenvalue weighted by molar-refractivity contribution is 8.02. The van der Waals surface area contributed by atoms with Crippen molar-refractivity contribution in [2.24, 2.45) is 10.2 Å². The number of hydrogen-bond donors (Lipinski definition) is 0. The molecule has 0 N–H and O–H groups in total. The maximum atomic E-state index is 11.3. The SMILES string of the molecule is CCN(CC)c1ccc(N=NC2SC=CN2C)c([N+](=O)[O-])c1. The molecule has 0 radical (unpaired) electrons. The molecule has 0 saturated carbocycles. The molecule has 0 spiro atoms. The summed E-state index contributed by atoms with van der Waals surface area (Å²) in [5, 5.41) is 21.4. The fourth-order valence-electron chi connectivity index (χ4n) is 2.12. The van der Waals surface area contributed by atoms with Crippen molar-refractivity contribution in [3.8, 4) is 0 Å². The molecular formula is C14H19N5O2S. The Morgan fingerprint density at radius 2 is 2.14 bits per heavy atom. The number of nitrogens with zero attached hydrogens (tertiary/aromatic N) is 5. The molecule has 1 aliphatic rings. The quantitative estimate of drug-likeness (QED) is 0.450. The second kappa shape index (κ2) is 7.26. The van der Waals surface area contributed by atoms with Crippen LogP contribution in [0.3, 0.4) is 0 Å². The van der Waals surface area contributed by atoms with E-state index in [2.05, 4.69) is 15.1 Å². The van der Waals surface area contributed by atoms with Gasteiger partial charge in [0.15, 0.2) is 11.2 Å². The van der Waals surface area contributed by atoms with Gasteiger partial charge in [-0.1, -0.05) is 11.8 Å². The summed E-state index contributed by atoms with van der Waals surface area (Å²) in [5.41, 5.74) is 0.917. The molecule has 0 bridgehead atoms. The van der Waals surface area contributed by atoms with Crippen LogP contribution in [-0.4, -0.2) is 35.5 Å². The highest BCUT2D eigenvalue weighted by Gasteiger charge is 2.19. The van der Waals surface area contributed by atoms with Gasteiger partial charge in [0.25, 0.3) is 5.69 Å². The summed E-state index contributed by atoms with van der Waals surface area (Å²) in [6.45, 7) is 5.62. The van der Waals surface area contributed by atoms with Crippen LogP contribution in [0.1, 0.15) is 13.8 Å². The van der Waals surface area contributed by atoms with Gasteiger partial charge in [-0.05, 0) is 31.4 Å². The van der Waals surface area contributed by atoms with Crippen molar-refractivity contribution in [2.45, 2.75) is 19.3 Å². The number of thioether (sulfide) groups is 1. The second-order valence-electron chi connectivity index (χ2n) is 4.73. The van der Waals surface area contributed by atoms with Gasteiger partial charge < -0.3 is 9.80 Å². The molecule has 1 atom stereocenters. The van der Waals surface area contributed by atoms with E-state index >= 15 is 0 Å². The number of benzene rings is 1. The molecular weight excluding hydrogens is 302 g/mol. The van der Waals surface area contributed by atoms with Gasteiger partial charge in [-0.3, -0.25) is 10.1 Å². The van der Waals surface area contributed by atoms with Crippen molar-refractivity contribution in [1.29, 1.82) is 0 Å². The van der Waals surface area contributed by atoms with E-state index < -0.39 is 4.92 Å². The van der Waals surface area contributed by atoms with Crippen LogP contribution in [0.5, 0.6) is 0 Å². The first-order valence-corrected chi connectivity index (χ1v) is 7.99. The van der Waals surface area contributed by atoms with Crippen LogP contribution < -0.4 is 4.90 Å². The van der Waals surface area contributed by atoms with Crippen LogP contribution in [0.15, 0.2) is 40.0 Å². The van der Waals surface area contributed by atoms with Crippen LogP contribution in [0.2, 0.25) is 0 Å². The average molecular weight is 321 g/mol. The fraction of sp³-hybridized carbons (Fsp3) is 0.429. The molecule has 0 aromatic heterocycles. The summed E-state index contributed by atoms with van der Waals surface area (Å²) in [5.74, 6) is 0. The van der Waals surface area contributed by atoms with Crippen molar-refractivity contribution in [3.63, 3.8) is 0 Å². The predicted molar refractivity (Wildman–Crippen MR) is 89.5 cm³/mol. The minimum absolute atomic E-state index is 0.0215. The third kappa shape index (κ3) is 3.56. The van der Waals surface area contributed by atoms with E-state index in [0.717, 1.165) is 18.8 Å². The Labute approximate surface area is 133 Å². The normalized spacial score (nSPS) is 17.4. The number of nitro benzene ring substituents is 1. The Morgan fingerprint density at radius 1 is 1.41 bits per heavy atom. The maximum absolute atomic E-state index is 11.3. The zero-order chi connectivity index (χ0) is 16.1. The molecule has 0 saturated heterocycles. The molecule has 1 aliphatic heterocycles. The summed E-state index contributed by atoms with van der Waals surface area (Å²) in [6, 6.07) is 5.06. The molecule has 1 heterocycles. The lowest BCUT2D eigenvalue weighted by molar-refractivity contribution is -0.384. The van der Waals surface area contributed by atoms with Gasteiger partial charge in [0.1, 0.15) is 0 Å². The Morgan fingerprint density at radius 3 is 2.68 bits per heavy atom. The molecule has 8 heteroatoms. The first-order chi connectivity index (χ1) is 10.6. The monoisotopic (exact) mass is 321 g/mol. The fourth-order valence-corrected chi connectivity index (χ4v) is 2.89. The number of azo groups is 1. The van der Waals surface area contributed by atoms with Gasteiger partial charge >= 0.3 is 0 Å². The van der Waals surface area contributed by atoms with Gasteiger partial charge in [0.2, 0.25) is 0 Å². The maximum Gasteiger partial charge on any atom is 0.298 e. The summed E-state index contributed by atoms with van der Waals surface area (Å²) >= 11 is 1.51. The average Bonchev–Trinajstić information content (AvgIpc) is 2.92. The highest BCUT2D eigenvalue weighted by Crippen LogP contribution is 2.33. The lowest BCUT2D eigenvalue weighted by atomic mass is 10.2. The van der Waals surface area contributed by atoms with Crippen LogP contribution >= 0.6 is 11.8 Å². The van der Waals surface area contributed by atoms with E-state index in [9.17, 15) is 10.1 Å². The summed E-state index contributed by atoms with van der Waals surface area (Å²) < 4.78 is 0. The van der Waals surface area contributed by atoms with Crippen molar-refractivity contribution < 1.29 is 4.92 Å². The summed E-state index contributed by atoms with van der Waals surface area (Å²) in [4.78, 5) is 14.8. The first kappa shape index (κ1) is 16.3. The highest BCUT2D eigenvalue weighted by atomic mass is 32.2. The molecule has 2 rings (SSSR count). The second-order valence-corrected chi connectivity index (χ2v) is 5.70. The minimum Gasteiger partial charge on any atom is -0.372 e. The molecule has 0 amide bonds. The number of anilines is 1. The minimum atomic E-state index is -0.412. The lowest BCUT2D eigenvalue weighted by Crippen LogP contribution is -2.21. The topological polar surface area (TPSA) is 74.3 Å². The Hall–Kier alpha value is -2.09. The smallest absolute Gasteiger partial charge is 0.298 e. The number of nitro groups is 1. The van der Waals surface area contributed by atoms with Gasteiger partial charge in [-0.25, -0.2) is 0 Å². The van der Waals surface area contributed by atoms with E-state index in [1.165, 1.54) is 11.8 Å². The first-order valence-electron chi connectivity index (χ1n) is 7.05. The zero-order valence-electron chi connectivity index (χ0n) is 12.8. The Balaban J connectivity index is 2.27. The van der Waals surface area contributed by atoms with Gasteiger partial charge in [-0.2, -0.15) is 5.11 Å². The third-order valence-electron chi connectivity index (χ3n) is 3.39. The van der Waals surface area contributed by atoms with Crippen molar-refractivity contribution >= 4 is 28.8 Å². The zero-order valence-corrected chi connectivity index (χ0v) is 13.7. The van der Waals surface area contributed by atoms with Crippen molar-refractivity contribution in [2.75, 3.05) is 25.0 Å². The molecule has 1 aromatic rings. The van der Waals surface area contributed by atoms with Crippen LogP contribution in [0.4, 0.5) is 17.1 Å². The Kier molecular flexibility index (Phi) is 5.37. The standard InChI is InChI=1S/C14H19N5O2S/c1-4-18(5-2)11-6-7-12(13(10-11)19(20)21)15-16-14-17(3)8-9-22-14/h6-10,14H,4-5H2,1-3H3. The molecule has 22 heavy (non-hydrogen) atoms. The Bertz CT molecular complexity index is 601. The van der Waals surface area contributed by atoms with E-state index in [4.69, 9.17) is 0 Å². The summed E-state index contributed by atoms with van der Waals surface area (Å²) in [7, 11) is 1.89. The van der Waals surface area contributed by atoms with E-state index in [1.54, 1.807) is 12.1 Å². The van der Waals surface area contributed by atoms with Gasteiger partial charge in [-0.15, -0.1) is 5.11 Å². The van der Waals surface area contributed by atoms with Crippen LogP contribution in [0.25, 0.3) is 0 Å². The predicted octanol–water partition coefficient (Wildman–Crippen LogP) is 3.96. The molecule has 118 valence electrons. The number of rotatable bonds is 6. The number of hydrogen-bond acceptors (Lipinski definition) is 7. The van der Waals surface area contributed by atoms with Gasteiger partial charge in [0, 0.05) is 38.1 Å². The molecule has 0 aliphatic carbocycles. The third-order valence-corrected chi connectivity index (χ3v) is 4.34. The van der Waals surface area contributed by atoms with Crippen LogP contribution in [-0.2, 0) is 0 Å². The van der Waals surface area contributed by atoms with E-state index in [-0.39, 0.29) is 16.9 Å². The van der Waals surface area contributed by atoms with Crippen LogP contribution in [0, 0.1) is 10.1 Å². The van der Waals surface area contributed by atoms with Crippen molar-refractivity contribution in [1.82, 2.24) is 4.90 Å². The molecule has 1 unspecified atom stereocenters. The molecule has 7 nitrogen and oxygen atoms in total. The van der Waals surface area contributed by atoms with Gasteiger partial charge in [0.05, 0.1) is 4.92 Å². The van der Waals surface area contributed by atoms with E-state index in [1.807, 2.05) is 43.5 Å². The van der Waals surface area contributed by atoms with E-state index in [0.29, 0.717) is 0 Å². The lowest BCUT2D eigenvalue weighted by Gasteiger charge is -2.20. The summed E-state index contributed by atoms with van der Waals surface area (Å²) in [6.07, 6.45) is 1.90. The molecule has 1 aromatic carbocycles. The molecule has 0 fully saturated rings. The largest absolute Gasteiger partial charge is 0.372 e.